The fourth-order valence-corrected chi connectivity index (χ4v) is 5.19. The molecule has 1 saturated heterocycles. The number of alkyl halides is 3. The standard InChI is InChI=1S/C26H29F3N8O2/c1-25(2,38)17-9-21(26(27,28)29)34-22(10-17)39-19-5-3-18(4-6-19)35-14-36(15-35)37-12-16(11-33-37)23-20-7-8-30-24(20)32-13-31-23/h7-13,18-19,38H,3-6,14-15H2,1-2H3,(H,30,31,32)/t18-,19+. The minimum Gasteiger partial charge on any atom is -0.474 e. The zero-order chi connectivity index (χ0) is 27.4. The van der Waals surface area contributed by atoms with E-state index in [1.54, 1.807) is 6.20 Å². The van der Waals surface area contributed by atoms with Crippen molar-refractivity contribution in [1.29, 1.82) is 0 Å². The van der Waals surface area contributed by atoms with Crippen LogP contribution in [0.4, 0.5) is 13.2 Å². The molecule has 0 amide bonds. The van der Waals surface area contributed by atoms with Gasteiger partial charge in [-0.3, -0.25) is 9.91 Å². The first-order chi connectivity index (χ1) is 18.5. The molecule has 4 aromatic heterocycles. The van der Waals surface area contributed by atoms with Crippen LogP contribution in [0.2, 0.25) is 0 Å². The molecule has 0 bridgehead atoms. The number of ether oxygens (including phenoxy) is 1. The van der Waals surface area contributed by atoms with Crippen LogP contribution in [-0.4, -0.2) is 65.3 Å². The minimum absolute atomic E-state index is 0.101. The Balaban J connectivity index is 1.04. The van der Waals surface area contributed by atoms with Crippen LogP contribution in [0.1, 0.15) is 50.8 Å². The highest BCUT2D eigenvalue weighted by Gasteiger charge is 2.37. The van der Waals surface area contributed by atoms with Crippen LogP contribution in [0.15, 0.2) is 43.1 Å². The van der Waals surface area contributed by atoms with Crippen molar-refractivity contribution in [3.8, 4) is 17.1 Å². The van der Waals surface area contributed by atoms with Crippen molar-refractivity contribution in [3.63, 3.8) is 0 Å². The second-order valence-electron chi connectivity index (χ2n) is 10.7. The Morgan fingerprint density at radius 2 is 1.85 bits per heavy atom. The molecular weight excluding hydrogens is 513 g/mol. The smallest absolute Gasteiger partial charge is 0.433 e. The van der Waals surface area contributed by atoms with E-state index >= 15 is 0 Å². The van der Waals surface area contributed by atoms with E-state index in [9.17, 15) is 18.3 Å². The van der Waals surface area contributed by atoms with Crippen LogP contribution in [0, 0.1) is 0 Å². The van der Waals surface area contributed by atoms with Gasteiger partial charge in [0, 0.05) is 29.3 Å². The molecule has 206 valence electrons. The number of aromatic amines is 1. The van der Waals surface area contributed by atoms with Crippen molar-refractivity contribution in [2.24, 2.45) is 0 Å². The Bertz CT molecular complexity index is 1430. The first-order valence-electron chi connectivity index (χ1n) is 12.9. The number of nitrogens with one attached hydrogen (secondary N) is 1. The topological polar surface area (TPSA) is 108 Å². The lowest BCUT2D eigenvalue weighted by Crippen LogP contribution is -2.64. The lowest BCUT2D eigenvalue weighted by atomic mass is 9.91. The van der Waals surface area contributed by atoms with Gasteiger partial charge < -0.3 is 14.8 Å². The van der Waals surface area contributed by atoms with E-state index in [-0.39, 0.29) is 17.5 Å². The van der Waals surface area contributed by atoms with E-state index in [2.05, 4.69) is 34.9 Å². The van der Waals surface area contributed by atoms with Crippen molar-refractivity contribution < 1.29 is 23.0 Å². The van der Waals surface area contributed by atoms with Crippen LogP contribution < -0.4 is 9.75 Å². The fourth-order valence-electron chi connectivity index (χ4n) is 5.19. The Hall–Kier alpha value is -3.71. The molecule has 0 unspecified atom stereocenters. The van der Waals surface area contributed by atoms with E-state index in [0.717, 1.165) is 54.5 Å². The van der Waals surface area contributed by atoms with Crippen LogP contribution in [0.3, 0.4) is 0 Å². The van der Waals surface area contributed by atoms with Gasteiger partial charge in [-0.2, -0.15) is 23.1 Å². The van der Waals surface area contributed by atoms with Crippen molar-refractivity contribution in [1.82, 2.24) is 34.7 Å². The molecule has 6 rings (SSSR count). The van der Waals surface area contributed by atoms with Gasteiger partial charge in [-0.1, -0.05) is 0 Å². The summed E-state index contributed by atoms with van der Waals surface area (Å²) in [5.74, 6) is -0.101. The molecule has 39 heavy (non-hydrogen) atoms. The summed E-state index contributed by atoms with van der Waals surface area (Å²) >= 11 is 0. The third-order valence-corrected chi connectivity index (χ3v) is 7.42. The van der Waals surface area contributed by atoms with E-state index in [1.807, 2.05) is 23.3 Å². The molecule has 0 spiro atoms. The van der Waals surface area contributed by atoms with Gasteiger partial charge in [0.25, 0.3) is 0 Å². The molecule has 1 saturated carbocycles. The summed E-state index contributed by atoms with van der Waals surface area (Å²) in [6.07, 6.45) is 5.43. The van der Waals surface area contributed by atoms with Crippen LogP contribution in [0.25, 0.3) is 22.3 Å². The summed E-state index contributed by atoms with van der Waals surface area (Å²) in [7, 11) is 0. The summed E-state index contributed by atoms with van der Waals surface area (Å²) in [6.45, 7) is 4.33. The quantitative estimate of drug-likeness (QED) is 0.376. The molecule has 1 aliphatic heterocycles. The summed E-state index contributed by atoms with van der Waals surface area (Å²) in [4.78, 5) is 19.6. The largest absolute Gasteiger partial charge is 0.474 e. The number of hydrogen-bond donors (Lipinski definition) is 2. The molecule has 4 aromatic rings. The van der Waals surface area contributed by atoms with Crippen molar-refractivity contribution >= 4 is 11.0 Å². The number of aromatic nitrogens is 6. The molecule has 2 fully saturated rings. The van der Waals surface area contributed by atoms with Crippen molar-refractivity contribution in [3.05, 3.63) is 54.4 Å². The second-order valence-corrected chi connectivity index (χ2v) is 10.7. The van der Waals surface area contributed by atoms with Crippen LogP contribution in [0.5, 0.6) is 5.88 Å². The van der Waals surface area contributed by atoms with Crippen LogP contribution >= 0.6 is 0 Å². The summed E-state index contributed by atoms with van der Waals surface area (Å²) < 4.78 is 46.0. The number of halogens is 3. The van der Waals surface area contributed by atoms with Gasteiger partial charge >= 0.3 is 6.18 Å². The van der Waals surface area contributed by atoms with Crippen LogP contribution in [-0.2, 0) is 11.8 Å². The third kappa shape index (κ3) is 5.15. The molecule has 0 atom stereocenters. The maximum atomic E-state index is 13.4. The number of pyridine rings is 1. The zero-order valence-corrected chi connectivity index (χ0v) is 21.6. The highest BCUT2D eigenvalue weighted by Crippen LogP contribution is 2.35. The van der Waals surface area contributed by atoms with Gasteiger partial charge in [0.2, 0.25) is 5.88 Å². The second kappa shape index (κ2) is 9.49. The molecule has 2 aliphatic rings. The van der Waals surface area contributed by atoms with Gasteiger partial charge in [0.15, 0.2) is 0 Å². The predicted molar refractivity (Wildman–Crippen MR) is 136 cm³/mol. The lowest BCUT2D eigenvalue weighted by molar-refractivity contribution is -0.141. The summed E-state index contributed by atoms with van der Waals surface area (Å²) in [5, 5.41) is 17.8. The molecule has 1 aliphatic carbocycles. The van der Waals surface area contributed by atoms with Gasteiger partial charge in [-0.05, 0) is 57.2 Å². The van der Waals surface area contributed by atoms with Gasteiger partial charge in [-0.25, -0.2) is 15.0 Å². The Morgan fingerprint density at radius 1 is 1.08 bits per heavy atom. The Morgan fingerprint density at radius 3 is 2.56 bits per heavy atom. The maximum absolute atomic E-state index is 13.4. The number of H-pyrrole nitrogens is 1. The zero-order valence-electron chi connectivity index (χ0n) is 21.6. The van der Waals surface area contributed by atoms with E-state index < -0.39 is 17.5 Å². The number of hydrogen-bond acceptors (Lipinski definition) is 8. The summed E-state index contributed by atoms with van der Waals surface area (Å²) in [6, 6.07) is 4.58. The Labute approximate surface area is 222 Å². The maximum Gasteiger partial charge on any atom is 0.433 e. The van der Waals surface area contributed by atoms with E-state index in [1.165, 1.54) is 26.2 Å². The molecule has 2 N–H and O–H groups in total. The minimum atomic E-state index is -4.63. The van der Waals surface area contributed by atoms with Gasteiger partial charge in [-0.15, -0.1) is 0 Å². The highest BCUT2D eigenvalue weighted by molar-refractivity contribution is 5.89. The van der Waals surface area contributed by atoms with Crippen molar-refractivity contribution in [2.45, 2.75) is 63.5 Å². The van der Waals surface area contributed by atoms with Gasteiger partial charge in [0.05, 0.1) is 37.0 Å². The molecule has 0 aromatic carbocycles. The normalized spacial score (nSPS) is 20.8. The molecule has 5 heterocycles. The van der Waals surface area contributed by atoms with Gasteiger partial charge in [0.1, 0.15) is 23.8 Å². The first kappa shape index (κ1) is 25.6. The average Bonchev–Trinajstić information content (AvgIpc) is 3.53. The third-order valence-electron chi connectivity index (χ3n) is 7.42. The van der Waals surface area contributed by atoms with Crippen molar-refractivity contribution in [2.75, 3.05) is 18.3 Å². The molecule has 10 nitrogen and oxygen atoms in total. The number of aliphatic hydroxyl groups is 1. The number of rotatable bonds is 6. The molecule has 0 radical (unpaired) electrons. The number of fused-ring (bicyclic) bond motifs is 1. The fraction of sp³-hybridized carbons (Fsp3) is 0.462. The molecular formula is C26H29F3N8O2. The summed E-state index contributed by atoms with van der Waals surface area (Å²) in [5.41, 5.74) is 0.130. The Kier molecular flexibility index (Phi) is 6.22. The first-order valence-corrected chi connectivity index (χ1v) is 12.9. The highest BCUT2D eigenvalue weighted by atomic mass is 19.4. The number of nitrogens with zero attached hydrogens (tertiary/aromatic N) is 7. The average molecular weight is 543 g/mol. The predicted octanol–water partition coefficient (Wildman–Crippen LogP) is 4.02. The monoisotopic (exact) mass is 542 g/mol. The molecule has 13 heteroatoms. The SMILES string of the molecule is CC(C)(O)c1cc(O[C@H]2CC[C@@H](N3CN(n4cc(-c5ncnc6[nH]ccc56)cn4)C3)CC2)nc(C(F)(F)F)c1. The van der Waals surface area contributed by atoms with E-state index in [4.69, 9.17) is 4.74 Å². The lowest BCUT2D eigenvalue weighted by Gasteiger charge is -2.48. The van der Waals surface area contributed by atoms with E-state index in [0.29, 0.717) is 18.9 Å².